The van der Waals surface area contributed by atoms with Crippen LogP contribution in [0.15, 0.2) is 97.1 Å². The summed E-state index contributed by atoms with van der Waals surface area (Å²) < 4.78 is 218. The fourth-order valence-electron chi connectivity index (χ4n) is 6.09. The Morgan fingerprint density at radius 3 is 1.06 bits per heavy atom. The highest BCUT2D eigenvalue weighted by molar-refractivity contribution is 5.78. The van der Waals surface area contributed by atoms with Crippen LogP contribution in [0.2, 0.25) is 0 Å². The summed E-state index contributed by atoms with van der Waals surface area (Å²) in [5.41, 5.74) is -3.89. The highest BCUT2D eigenvalue weighted by atomic mass is 19.3. The number of hydrogen-bond donors (Lipinski definition) is 0. The average molecular weight is 915 g/mol. The summed E-state index contributed by atoms with van der Waals surface area (Å²) in [5.74, 6) is -20.5. The Morgan fingerprint density at radius 1 is 0.406 bits per heavy atom. The van der Waals surface area contributed by atoms with E-state index in [1.165, 1.54) is 48.5 Å². The van der Waals surface area contributed by atoms with E-state index in [4.69, 9.17) is 9.47 Å². The monoisotopic (exact) mass is 914 g/mol. The van der Waals surface area contributed by atoms with E-state index in [0.29, 0.717) is 25.0 Å². The highest BCUT2D eigenvalue weighted by Crippen LogP contribution is 2.39. The number of carbonyl (C=O) groups is 1. The van der Waals surface area contributed by atoms with Crippen molar-refractivity contribution < 1.29 is 85.2 Å². The lowest BCUT2D eigenvalue weighted by Crippen LogP contribution is -2.24. The van der Waals surface area contributed by atoms with E-state index in [1.807, 2.05) is 0 Å². The number of alkyl halides is 4. The molecule has 0 saturated carbocycles. The van der Waals surface area contributed by atoms with Gasteiger partial charge in [0, 0.05) is 48.2 Å². The Hall–Kier alpha value is -6.79. The number of ether oxygens (including phenoxy) is 4. The lowest BCUT2D eigenvalue weighted by atomic mass is 10.0. The van der Waals surface area contributed by atoms with Gasteiger partial charge in [0.25, 0.3) is 0 Å². The first-order valence-corrected chi connectivity index (χ1v) is 18.6. The summed E-state index contributed by atoms with van der Waals surface area (Å²) in [6.07, 6.45) is -8.37. The number of ketones is 1. The van der Waals surface area contributed by atoms with Gasteiger partial charge in [0.05, 0.1) is 13.2 Å². The van der Waals surface area contributed by atoms with E-state index < -0.39 is 104 Å². The Kier molecular flexibility index (Phi) is 14.1. The van der Waals surface area contributed by atoms with Crippen molar-refractivity contribution in [3.05, 3.63) is 166 Å². The summed E-state index contributed by atoms with van der Waals surface area (Å²) in [4.78, 5) is 12.4. The Morgan fingerprint density at radius 2 is 0.734 bits per heavy atom. The molecule has 0 atom stereocenters. The van der Waals surface area contributed by atoms with Crippen molar-refractivity contribution in [2.45, 2.75) is 37.9 Å². The van der Waals surface area contributed by atoms with Gasteiger partial charge in [0.15, 0.2) is 58.2 Å². The first kappa shape index (κ1) is 46.7. The average Bonchev–Trinajstić information content (AvgIpc) is 3.24. The molecule has 0 unspecified atom stereocenters. The smallest absolute Gasteiger partial charge is 0.429 e. The number of hydrogen-bond acceptors (Lipinski definition) is 5. The van der Waals surface area contributed by atoms with Gasteiger partial charge in [0.2, 0.25) is 0 Å². The molecule has 0 aliphatic rings. The molecule has 19 heteroatoms. The zero-order valence-electron chi connectivity index (χ0n) is 32.3. The van der Waals surface area contributed by atoms with Gasteiger partial charge in [-0.15, -0.1) is 0 Å². The fraction of sp³-hybridized carbons (Fsp3) is 0.178. The van der Waals surface area contributed by atoms with Gasteiger partial charge in [-0.25, -0.2) is 43.9 Å². The van der Waals surface area contributed by atoms with Crippen molar-refractivity contribution in [2.24, 2.45) is 0 Å². The van der Waals surface area contributed by atoms with Crippen LogP contribution in [0.25, 0.3) is 22.3 Å². The lowest BCUT2D eigenvalue weighted by molar-refractivity contribution is -0.188. The van der Waals surface area contributed by atoms with Gasteiger partial charge in [-0.1, -0.05) is 36.4 Å². The fourth-order valence-corrected chi connectivity index (χ4v) is 6.09. The summed E-state index contributed by atoms with van der Waals surface area (Å²) in [5, 5.41) is 0. The quantitative estimate of drug-likeness (QED) is 0.0488. The maximum absolute atomic E-state index is 15.0. The number of Topliss-reactive ketones (excluding diaryl/α,β-unsaturated/α-hetero) is 1. The van der Waals surface area contributed by atoms with Crippen LogP contribution in [0.4, 0.5) is 61.5 Å². The predicted molar refractivity (Wildman–Crippen MR) is 200 cm³/mol. The molecule has 0 aliphatic carbocycles. The molecule has 6 rings (SSSR count). The molecule has 0 amide bonds. The lowest BCUT2D eigenvalue weighted by Gasteiger charge is -2.20. The third-order valence-corrected chi connectivity index (χ3v) is 9.27. The van der Waals surface area contributed by atoms with Crippen LogP contribution in [0, 0.1) is 58.2 Å². The highest BCUT2D eigenvalue weighted by Gasteiger charge is 2.41. The van der Waals surface area contributed by atoms with Gasteiger partial charge in [-0.05, 0) is 60.4 Å². The second-order valence-electron chi connectivity index (χ2n) is 13.7. The summed E-state index contributed by atoms with van der Waals surface area (Å²) in [7, 11) is 0. The number of halogens is 14. The molecule has 0 bridgehead atoms. The van der Waals surface area contributed by atoms with Crippen LogP contribution in [-0.2, 0) is 17.0 Å². The maximum Gasteiger partial charge on any atom is 0.429 e. The third-order valence-electron chi connectivity index (χ3n) is 9.27. The molecule has 0 aromatic heterocycles. The minimum Gasteiger partial charge on any atom is -0.494 e. The first-order valence-electron chi connectivity index (χ1n) is 18.6. The molecule has 0 radical (unpaired) electrons. The van der Waals surface area contributed by atoms with E-state index >= 15 is 0 Å². The molecule has 5 nitrogen and oxygen atoms in total. The topological polar surface area (TPSA) is 54.0 Å². The molecule has 6 aromatic rings. The van der Waals surface area contributed by atoms with E-state index in [-0.39, 0.29) is 78.7 Å². The van der Waals surface area contributed by atoms with E-state index in [0.717, 1.165) is 12.1 Å². The third kappa shape index (κ3) is 10.7. The molecule has 0 spiro atoms. The minimum absolute atomic E-state index is 0.0644. The van der Waals surface area contributed by atoms with Crippen LogP contribution in [0.5, 0.6) is 23.0 Å². The number of carbonyl (C=O) groups excluding carboxylic acids is 1. The maximum atomic E-state index is 15.0. The van der Waals surface area contributed by atoms with Crippen molar-refractivity contribution in [1.29, 1.82) is 0 Å². The summed E-state index contributed by atoms with van der Waals surface area (Å²) >= 11 is 0. The van der Waals surface area contributed by atoms with Crippen LogP contribution in [0.1, 0.15) is 36.8 Å². The van der Waals surface area contributed by atoms with Crippen LogP contribution >= 0.6 is 0 Å². The predicted octanol–water partition coefficient (Wildman–Crippen LogP) is 13.3. The van der Waals surface area contributed by atoms with Gasteiger partial charge in [-0.3, -0.25) is 4.79 Å². The summed E-state index contributed by atoms with van der Waals surface area (Å²) in [6, 6.07) is 14.0. The number of rotatable bonds is 18. The minimum atomic E-state index is -4.61. The molecular weight excluding hydrogens is 886 g/mol. The summed E-state index contributed by atoms with van der Waals surface area (Å²) in [6.45, 7) is 0.175. The molecule has 336 valence electrons. The number of benzene rings is 6. The SMILES string of the molecule is O=C(CCCOc1ccc(-c2ccc(C(F)(F)Oc3cc(F)c(F)c(F)c3)c(F)c2F)cc1)CCCOc1ccc(-c2ccc(C(F)(F)Oc3cc(F)c(F)c(F)c3)c(F)c2F)cc1. The van der Waals surface area contributed by atoms with Crippen molar-refractivity contribution >= 4 is 5.78 Å². The standard InChI is InChI=1S/C45H28F14O5/c46-34-19-28(20-35(47)42(34)54)63-44(56,57)32-15-13-30(38(50)40(32)52)23-5-9-26(10-6-23)61-17-1-3-25(60)4-2-18-62-27-11-7-24(8-12-27)31-14-16-33(41(53)39(31)51)45(58,59)64-29-21-36(48)43(55)37(49)22-29/h5-16,19-22H,1-4,17-18H2. The van der Waals surface area contributed by atoms with E-state index in [9.17, 15) is 66.3 Å². The van der Waals surface area contributed by atoms with Crippen molar-refractivity contribution in [3.8, 4) is 45.3 Å². The molecule has 0 N–H and O–H groups in total. The van der Waals surface area contributed by atoms with Crippen LogP contribution in [0.3, 0.4) is 0 Å². The molecule has 0 fully saturated rings. The Balaban J connectivity index is 0.924. The molecule has 6 aromatic carbocycles. The van der Waals surface area contributed by atoms with Crippen molar-refractivity contribution in [3.63, 3.8) is 0 Å². The second-order valence-corrected chi connectivity index (χ2v) is 13.7. The van der Waals surface area contributed by atoms with Crippen LogP contribution < -0.4 is 18.9 Å². The molecule has 0 saturated heterocycles. The van der Waals surface area contributed by atoms with Gasteiger partial charge in [0.1, 0.15) is 39.9 Å². The molecule has 64 heavy (non-hydrogen) atoms. The van der Waals surface area contributed by atoms with Gasteiger partial charge < -0.3 is 18.9 Å². The largest absolute Gasteiger partial charge is 0.494 e. The zero-order chi connectivity index (χ0) is 46.5. The first-order chi connectivity index (χ1) is 30.2. The zero-order valence-corrected chi connectivity index (χ0v) is 32.3. The molecule has 0 heterocycles. The molecular formula is C45H28F14O5. The normalized spacial score (nSPS) is 11.7. The van der Waals surface area contributed by atoms with Gasteiger partial charge >= 0.3 is 12.2 Å². The Bertz CT molecular complexity index is 2430. The van der Waals surface area contributed by atoms with Crippen molar-refractivity contribution in [1.82, 2.24) is 0 Å². The Labute approximate surface area is 353 Å². The van der Waals surface area contributed by atoms with Gasteiger partial charge in [-0.2, -0.15) is 17.6 Å². The second kappa shape index (κ2) is 19.3. The van der Waals surface area contributed by atoms with Crippen molar-refractivity contribution in [2.75, 3.05) is 13.2 Å². The van der Waals surface area contributed by atoms with E-state index in [2.05, 4.69) is 9.47 Å². The van der Waals surface area contributed by atoms with Crippen LogP contribution in [-0.4, -0.2) is 19.0 Å². The molecule has 0 aliphatic heterocycles. The van der Waals surface area contributed by atoms with E-state index in [1.54, 1.807) is 0 Å².